The van der Waals surface area contributed by atoms with Crippen molar-refractivity contribution in [3.8, 4) is 11.5 Å². The maximum Gasteiger partial charge on any atom is 0.265 e. The second kappa shape index (κ2) is 7.91. The quantitative estimate of drug-likeness (QED) is 0.657. The van der Waals surface area contributed by atoms with Crippen molar-refractivity contribution in [2.75, 3.05) is 12.4 Å². The third kappa shape index (κ3) is 4.44. The Morgan fingerprint density at radius 1 is 0.926 bits per heavy atom. The van der Waals surface area contributed by atoms with Gasteiger partial charge in [-0.05, 0) is 61.0 Å². The number of methoxy groups -OCH3 is 1. The standard InChI is InChI=1S/C22H21NO4/c1-14(24)17-5-4-6-19(11-17)23-22(25)15(2)27-21-10-8-16-7-9-20(26-3)12-18(16)13-21/h4-13,15H,1-3H3,(H,23,25)/t15-/m0/s1. The number of carbonyl (C=O) groups is 2. The fourth-order valence-electron chi connectivity index (χ4n) is 2.72. The molecule has 138 valence electrons. The third-order valence-corrected chi connectivity index (χ3v) is 4.24. The maximum atomic E-state index is 12.4. The summed E-state index contributed by atoms with van der Waals surface area (Å²) in [7, 11) is 1.62. The second-order valence-corrected chi connectivity index (χ2v) is 6.26. The largest absolute Gasteiger partial charge is 0.497 e. The Labute approximate surface area is 157 Å². The van der Waals surface area contributed by atoms with Crippen molar-refractivity contribution in [2.45, 2.75) is 20.0 Å². The van der Waals surface area contributed by atoms with Crippen molar-refractivity contribution in [2.24, 2.45) is 0 Å². The number of amides is 1. The number of Topliss-reactive ketones (excluding diaryl/α,β-unsaturated/α-hetero) is 1. The van der Waals surface area contributed by atoms with E-state index in [0.717, 1.165) is 16.5 Å². The van der Waals surface area contributed by atoms with Gasteiger partial charge in [0.25, 0.3) is 5.91 Å². The van der Waals surface area contributed by atoms with Crippen LogP contribution in [0.5, 0.6) is 11.5 Å². The molecule has 3 aromatic rings. The van der Waals surface area contributed by atoms with E-state index in [4.69, 9.17) is 9.47 Å². The van der Waals surface area contributed by atoms with Crippen LogP contribution in [0.3, 0.4) is 0 Å². The van der Waals surface area contributed by atoms with Gasteiger partial charge in [-0.3, -0.25) is 9.59 Å². The fraction of sp³-hybridized carbons (Fsp3) is 0.182. The molecular formula is C22H21NO4. The van der Waals surface area contributed by atoms with Crippen LogP contribution in [-0.4, -0.2) is 24.9 Å². The lowest BCUT2D eigenvalue weighted by molar-refractivity contribution is -0.122. The van der Waals surface area contributed by atoms with Gasteiger partial charge in [-0.25, -0.2) is 0 Å². The molecule has 0 aliphatic heterocycles. The Bertz CT molecular complexity index is 997. The van der Waals surface area contributed by atoms with Crippen LogP contribution in [0.2, 0.25) is 0 Å². The Morgan fingerprint density at radius 2 is 1.63 bits per heavy atom. The van der Waals surface area contributed by atoms with E-state index in [0.29, 0.717) is 17.0 Å². The number of fused-ring (bicyclic) bond motifs is 1. The average molecular weight is 363 g/mol. The average Bonchev–Trinajstić information content (AvgIpc) is 2.67. The molecule has 1 amide bonds. The summed E-state index contributed by atoms with van der Waals surface area (Å²) in [5, 5.41) is 4.80. The van der Waals surface area contributed by atoms with Gasteiger partial charge >= 0.3 is 0 Å². The van der Waals surface area contributed by atoms with Crippen LogP contribution in [0.1, 0.15) is 24.2 Å². The molecule has 0 fully saturated rings. The van der Waals surface area contributed by atoms with Crippen LogP contribution in [0, 0.1) is 0 Å². The van der Waals surface area contributed by atoms with Gasteiger partial charge in [-0.15, -0.1) is 0 Å². The summed E-state index contributed by atoms with van der Waals surface area (Å²) in [5.74, 6) is 1.01. The molecule has 0 saturated heterocycles. The van der Waals surface area contributed by atoms with E-state index in [-0.39, 0.29) is 11.7 Å². The molecule has 3 rings (SSSR count). The lowest BCUT2D eigenvalue weighted by Crippen LogP contribution is -2.30. The highest BCUT2D eigenvalue weighted by molar-refractivity contribution is 5.98. The summed E-state index contributed by atoms with van der Waals surface area (Å²) in [6, 6.07) is 18.2. The molecule has 1 N–H and O–H groups in total. The van der Waals surface area contributed by atoms with Crippen LogP contribution in [-0.2, 0) is 4.79 Å². The molecule has 27 heavy (non-hydrogen) atoms. The van der Waals surface area contributed by atoms with Gasteiger partial charge in [0.15, 0.2) is 11.9 Å². The lowest BCUT2D eigenvalue weighted by atomic mass is 10.1. The van der Waals surface area contributed by atoms with Crippen molar-refractivity contribution in [3.05, 3.63) is 66.2 Å². The highest BCUT2D eigenvalue weighted by Crippen LogP contribution is 2.25. The molecule has 0 saturated carbocycles. The van der Waals surface area contributed by atoms with E-state index in [9.17, 15) is 9.59 Å². The van der Waals surface area contributed by atoms with Crippen molar-refractivity contribution in [1.29, 1.82) is 0 Å². The van der Waals surface area contributed by atoms with Crippen molar-refractivity contribution >= 4 is 28.2 Å². The third-order valence-electron chi connectivity index (χ3n) is 4.24. The van der Waals surface area contributed by atoms with Gasteiger partial charge in [0.1, 0.15) is 11.5 Å². The predicted octanol–water partition coefficient (Wildman–Crippen LogP) is 4.46. The zero-order valence-corrected chi connectivity index (χ0v) is 15.5. The second-order valence-electron chi connectivity index (χ2n) is 6.26. The minimum Gasteiger partial charge on any atom is -0.497 e. The van der Waals surface area contributed by atoms with E-state index in [2.05, 4.69) is 5.32 Å². The van der Waals surface area contributed by atoms with E-state index in [1.807, 2.05) is 36.4 Å². The molecule has 0 spiro atoms. The van der Waals surface area contributed by atoms with Crippen LogP contribution in [0.4, 0.5) is 5.69 Å². The van der Waals surface area contributed by atoms with Crippen molar-refractivity contribution in [1.82, 2.24) is 0 Å². The Kier molecular flexibility index (Phi) is 5.41. The molecule has 0 aliphatic rings. The molecule has 3 aromatic carbocycles. The number of ketones is 1. The Morgan fingerprint density at radius 3 is 2.33 bits per heavy atom. The van der Waals surface area contributed by atoms with Gasteiger partial charge in [0, 0.05) is 11.3 Å². The van der Waals surface area contributed by atoms with E-state index < -0.39 is 6.10 Å². The molecule has 0 unspecified atom stereocenters. The molecule has 0 radical (unpaired) electrons. The summed E-state index contributed by atoms with van der Waals surface area (Å²) in [5.41, 5.74) is 1.11. The number of ether oxygens (including phenoxy) is 2. The zero-order chi connectivity index (χ0) is 19.4. The first-order chi connectivity index (χ1) is 13.0. The molecule has 0 heterocycles. The number of benzene rings is 3. The van der Waals surface area contributed by atoms with E-state index >= 15 is 0 Å². The monoisotopic (exact) mass is 363 g/mol. The summed E-state index contributed by atoms with van der Waals surface area (Å²) in [4.78, 5) is 23.9. The number of hydrogen-bond donors (Lipinski definition) is 1. The number of hydrogen-bond acceptors (Lipinski definition) is 4. The Hall–Kier alpha value is -3.34. The summed E-state index contributed by atoms with van der Waals surface area (Å²) in [6.07, 6.45) is -0.700. The zero-order valence-electron chi connectivity index (χ0n) is 15.5. The van der Waals surface area contributed by atoms with E-state index in [1.165, 1.54) is 6.92 Å². The maximum absolute atomic E-state index is 12.4. The van der Waals surface area contributed by atoms with Crippen LogP contribution >= 0.6 is 0 Å². The fourth-order valence-corrected chi connectivity index (χ4v) is 2.72. The Balaban J connectivity index is 1.71. The summed E-state index contributed by atoms with van der Waals surface area (Å²) in [6.45, 7) is 3.17. The smallest absolute Gasteiger partial charge is 0.265 e. The normalized spacial score (nSPS) is 11.7. The van der Waals surface area contributed by atoms with Gasteiger partial charge in [-0.1, -0.05) is 24.3 Å². The first kappa shape index (κ1) is 18.5. The SMILES string of the molecule is COc1ccc2ccc(O[C@@H](C)C(=O)Nc3cccc(C(C)=O)c3)cc2c1. The molecular weight excluding hydrogens is 342 g/mol. The number of carbonyl (C=O) groups excluding carboxylic acids is 2. The molecule has 0 aromatic heterocycles. The molecule has 0 aliphatic carbocycles. The minimum absolute atomic E-state index is 0.0537. The van der Waals surface area contributed by atoms with Gasteiger partial charge in [-0.2, -0.15) is 0 Å². The lowest BCUT2D eigenvalue weighted by Gasteiger charge is -2.15. The van der Waals surface area contributed by atoms with Crippen molar-refractivity contribution in [3.63, 3.8) is 0 Å². The van der Waals surface area contributed by atoms with Gasteiger partial charge < -0.3 is 14.8 Å². The molecule has 5 nitrogen and oxygen atoms in total. The van der Waals surface area contributed by atoms with Crippen LogP contribution in [0.15, 0.2) is 60.7 Å². The highest BCUT2D eigenvalue weighted by Gasteiger charge is 2.15. The predicted molar refractivity (Wildman–Crippen MR) is 106 cm³/mol. The summed E-state index contributed by atoms with van der Waals surface area (Å²) >= 11 is 0. The van der Waals surface area contributed by atoms with Crippen LogP contribution in [0.25, 0.3) is 10.8 Å². The molecule has 1 atom stereocenters. The van der Waals surface area contributed by atoms with Gasteiger partial charge in [0.05, 0.1) is 7.11 Å². The number of nitrogens with one attached hydrogen (secondary N) is 1. The van der Waals surface area contributed by atoms with Crippen LogP contribution < -0.4 is 14.8 Å². The molecule has 5 heteroatoms. The van der Waals surface area contributed by atoms with Gasteiger partial charge in [0.2, 0.25) is 0 Å². The topological polar surface area (TPSA) is 64.6 Å². The number of rotatable bonds is 6. The molecule has 0 bridgehead atoms. The minimum atomic E-state index is -0.700. The number of anilines is 1. The highest BCUT2D eigenvalue weighted by atomic mass is 16.5. The first-order valence-corrected chi connectivity index (χ1v) is 8.62. The van der Waals surface area contributed by atoms with E-state index in [1.54, 1.807) is 38.3 Å². The first-order valence-electron chi connectivity index (χ1n) is 8.62. The van der Waals surface area contributed by atoms with Crippen molar-refractivity contribution < 1.29 is 19.1 Å². The summed E-state index contributed by atoms with van der Waals surface area (Å²) < 4.78 is 11.0.